The fraction of sp³-hybridized carbons (Fsp3) is 0.667. The smallest absolute Gasteiger partial charge is 0.142 e. The number of allylic oxidation sites excluding steroid dienone is 2. The first-order chi connectivity index (χ1) is 4.73. The van der Waals surface area contributed by atoms with Crippen LogP contribution in [-0.4, -0.2) is 5.78 Å². The largest absolute Gasteiger partial charge is 0.299 e. The maximum Gasteiger partial charge on any atom is 0.142 e. The summed E-state index contributed by atoms with van der Waals surface area (Å²) in [5, 5.41) is 0. The summed E-state index contributed by atoms with van der Waals surface area (Å²) in [4.78, 5) is 11.3. The highest BCUT2D eigenvalue weighted by molar-refractivity contribution is 5.89. The lowest BCUT2D eigenvalue weighted by Gasteiger charge is -2.19. The summed E-state index contributed by atoms with van der Waals surface area (Å²) in [6.45, 7) is 2.08. The Bertz CT molecular complexity index is 205. The highest BCUT2D eigenvalue weighted by atomic mass is 16.1. The molecule has 1 saturated carbocycles. The van der Waals surface area contributed by atoms with E-state index in [-0.39, 0.29) is 5.41 Å². The van der Waals surface area contributed by atoms with E-state index in [1.165, 1.54) is 0 Å². The Morgan fingerprint density at radius 2 is 2.50 bits per heavy atom. The van der Waals surface area contributed by atoms with E-state index >= 15 is 0 Å². The molecule has 1 heteroatoms. The van der Waals surface area contributed by atoms with Crippen molar-refractivity contribution in [1.82, 2.24) is 0 Å². The first-order valence-corrected chi connectivity index (χ1v) is 3.94. The molecule has 0 aromatic carbocycles. The van der Waals surface area contributed by atoms with Gasteiger partial charge in [-0.3, -0.25) is 4.79 Å². The Hall–Kier alpha value is -0.590. The van der Waals surface area contributed by atoms with Gasteiger partial charge in [-0.05, 0) is 25.7 Å². The van der Waals surface area contributed by atoms with E-state index in [0.29, 0.717) is 11.7 Å². The number of ketones is 1. The molecule has 1 nitrogen and oxygen atoms in total. The van der Waals surface area contributed by atoms with Crippen LogP contribution in [0.2, 0.25) is 0 Å². The van der Waals surface area contributed by atoms with Gasteiger partial charge in [-0.15, -0.1) is 0 Å². The zero-order valence-electron chi connectivity index (χ0n) is 6.26. The Morgan fingerprint density at radius 3 is 3.20 bits per heavy atom. The summed E-state index contributed by atoms with van der Waals surface area (Å²) in [7, 11) is 0. The van der Waals surface area contributed by atoms with Crippen molar-refractivity contribution in [3.05, 3.63) is 12.2 Å². The second-order valence-electron chi connectivity index (χ2n) is 3.58. The number of hydrogen-bond donors (Lipinski definition) is 0. The molecule has 10 heavy (non-hydrogen) atoms. The van der Waals surface area contributed by atoms with Crippen molar-refractivity contribution in [1.29, 1.82) is 0 Å². The standard InChI is InChI=1S/C9H12O/c1-9-6-2-3-7(9)4-5-8(9)10/h2,6-7H,3-5H2,1H3/t7-,9-/m0/s1. The van der Waals surface area contributed by atoms with Crippen molar-refractivity contribution >= 4 is 5.78 Å². The van der Waals surface area contributed by atoms with E-state index in [0.717, 1.165) is 19.3 Å². The van der Waals surface area contributed by atoms with Gasteiger partial charge in [0.1, 0.15) is 5.78 Å². The molecular formula is C9H12O. The van der Waals surface area contributed by atoms with Gasteiger partial charge < -0.3 is 0 Å². The van der Waals surface area contributed by atoms with E-state index in [4.69, 9.17) is 0 Å². The molecule has 2 aliphatic carbocycles. The number of Topliss-reactive ketones (excluding diaryl/α,β-unsaturated/α-hetero) is 1. The van der Waals surface area contributed by atoms with Gasteiger partial charge in [0.05, 0.1) is 0 Å². The Labute approximate surface area is 61.1 Å². The lowest BCUT2D eigenvalue weighted by molar-refractivity contribution is -0.123. The molecule has 54 valence electrons. The number of rotatable bonds is 0. The van der Waals surface area contributed by atoms with E-state index in [2.05, 4.69) is 19.1 Å². The fourth-order valence-electron chi connectivity index (χ4n) is 2.17. The molecule has 2 rings (SSSR count). The predicted molar refractivity (Wildman–Crippen MR) is 39.6 cm³/mol. The molecule has 2 aliphatic rings. The number of carbonyl (C=O) groups excluding carboxylic acids is 1. The normalized spacial score (nSPS) is 44.5. The van der Waals surface area contributed by atoms with Crippen LogP contribution in [0.5, 0.6) is 0 Å². The van der Waals surface area contributed by atoms with Crippen molar-refractivity contribution in [2.45, 2.75) is 26.2 Å². The van der Waals surface area contributed by atoms with Crippen LogP contribution in [0.4, 0.5) is 0 Å². The van der Waals surface area contributed by atoms with E-state index in [1.54, 1.807) is 0 Å². The summed E-state index contributed by atoms with van der Waals surface area (Å²) < 4.78 is 0. The molecule has 0 heterocycles. The summed E-state index contributed by atoms with van der Waals surface area (Å²) in [6.07, 6.45) is 7.31. The summed E-state index contributed by atoms with van der Waals surface area (Å²) in [6, 6.07) is 0. The third-order valence-corrected chi connectivity index (χ3v) is 3.05. The molecule has 0 saturated heterocycles. The van der Waals surface area contributed by atoms with Crippen LogP contribution in [0.3, 0.4) is 0 Å². The molecule has 2 atom stereocenters. The molecule has 0 aromatic rings. The van der Waals surface area contributed by atoms with Crippen molar-refractivity contribution in [3.63, 3.8) is 0 Å². The van der Waals surface area contributed by atoms with Crippen LogP contribution in [0.1, 0.15) is 26.2 Å². The number of carbonyl (C=O) groups is 1. The average molecular weight is 136 g/mol. The zero-order chi connectivity index (χ0) is 7.19. The van der Waals surface area contributed by atoms with Crippen LogP contribution in [0.15, 0.2) is 12.2 Å². The van der Waals surface area contributed by atoms with Gasteiger partial charge in [-0.1, -0.05) is 12.2 Å². The van der Waals surface area contributed by atoms with E-state index in [9.17, 15) is 4.79 Å². The van der Waals surface area contributed by atoms with Crippen molar-refractivity contribution in [3.8, 4) is 0 Å². The van der Waals surface area contributed by atoms with Gasteiger partial charge in [-0.25, -0.2) is 0 Å². The maximum atomic E-state index is 11.3. The van der Waals surface area contributed by atoms with Gasteiger partial charge in [0, 0.05) is 11.8 Å². The van der Waals surface area contributed by atoms with Gasteiger partial charge in [0.25, 0.3) is 0 Å². The van der Waals surface area contributed by atoms with Crippen molar-refractivity contribution in [2.75, 3.05) is 0 Å². The third kappa shape index (κ3) is 0.556. The minimum absolute atomic E-state index is 0.0556. The predicted octanol–water partition coefficient (Wildman–Crippen LogP) is 1.93. The summed E-state index contributed by atoms with van der Waals surface area (Å²) >= 11 is 0. The second-order valence-corrected chi connectivity index (χ2v) is 3.58. The van der Waals surface area contributed by atoms with Crippen molar-refractivity contribution < 1.29 is 4.79 Å². The second kappa shape index (κ2) is 1.71. The topological polar surface area (TPSA) is 17.1 Å². The number of fused-ring (bicyclic) bond motifs is 1. The minimum Gasteiger partial charge on any atom is -0.299 e. The molecular weight excluding hydrogens is 124 g/mol. The highest BCUT2D eigenvalue weighted by Crippen LogP contribution is 2.47. The van der Waals surface area contributed by atoms with Crippen LogP contribution < -0.4 is 0 Å². The van der Waals surface area contributed by atoms with E-state index in [1.807, 2.05) is 0 Å². The SMILES string of the molecule is C[C@]12C=CC[C@H]1CCC2=O. The van der Waals surface area contributed by atoms with Crippen LogP contribution in [-0.2, 0) is 4.79 Å². The third-order valence-electron chi connectivity index (χ3n) is 3.05. The fourth-order valence-corrected chi connectivity index (χ4v) is 2.17. The molecule has 0 unspecified atom stereocenters. The Balaban J connectivity index is 2.38. The molecule has 0 spiro atoms. The average Bonchev–Trinajstić information content (AvgIpc) is 2.36. The monoisotopic (exact) mass is 136 g/mol. The summed E-state index contributed by atoms with van der Waals surface area (Å²) in [5.41, 5.74) is -0.0556. The molecule has 0 N–H and O–H groups in total. The summed E-state index contributed by atoms with van der Waals surface area (Å²) in [5.74, 6) is 1.09. The minimum atomic E-state index is -0.0556. The molecule has 0 bridgehead atoms. The molecule has 1 fully saturated rings. The number of hydrogen-bond acceptors (Lipinski definition) is 1. The Kier molecular flexibility index (Phi) is 1.05. The highest BCUT2D eigenvalue weighted by Gasteiger charge is 2.45. The van der Waals surface area contributed by atoms with E-state index < -0.39 is 0 Å². The zero-order valence-corrected chi connectivity index (χ0v) is 6.26. The molecule has 0 aliphatic heterocycles. The van der Waals surface area contributed by atoms with Gasteiger partial charge in [0.2, 0.25) is 0 Å². The first-order valence-electron chi connectivity index (χ1n) is 3.94. The molecule has 0 aromatic heterocycles. The lowest BCUT2D eigenvalue weighted by atomic mass is 9.82. The maximum absolute atomic E-state index is 11.3. The van der Waals surface area contributed by atoms with Gasteiger partial charge in [0.15, 0.2) is 0 Å². The van der Waals surface area contributed by atoms with Gasteiger partial charge >= 0.3 is 0 Å². The van der Waals surface area contributed by atoms with Crippen LogP contribution in [0.25, 0.3) is 0 Å². The van der Waals surface area contributed by atoms with Crippen LogP contribution in [0, 0.1) is 11.3 Å². The first kappa shape index (κ1) is 6.14. The molecule has 0 amide bonds. The molecule has 0 radical (unpaired) electrons. The van der Waals surface area contributed by atoms with Gasteiger partial charge in [-0.2, -0.15) is 0 Å². The van der Waals surface area contributed by atoms with Crippen molar-refractivity contribution in [2.24, 2.45) is 11.3 Å². The van der Waals surface area contributed by atoms with Crippen LogP contribution >= 0.6 is 0 Å². The Morgan fingerprint density at radius 1 is 1.70 bits per heavy atom. The lowest BCUT2D eigenvalue weighted by Crippen LogP contribution is -2.22. The quantitative estimate of drug-likeness (QED) is 0.465.